The van der Waals surface area contributed by atoms with E-state index in [1.807, 2.05) is 0 Å². The molecule has 0 bridgehead atoms. The third kappa shape index (κ3) is 3.50. The molecule has 1 aliphatic rings. The highest BCUT2D eigenvalue weighted by atomic mass is 35.5. The van der Waals surface area contributed by atoms with Crippen LogP contribution in [0, 0.1) is 6.92 Å². The average Bonchev–Trinajstić information content (AvgIpc) is 2.87. The first-order valence-electron chi connectivity index (χ1n) is 8.35. The number of hydrogen-bond donors (Lipinski definition) is 0. The molecule has 0 N–H and O–H groups in total. The second-order valence-corrected chi connectivity index (χ2v) is 6.91. The molecule has 8 heteroatoms. The zero-order valence-electron chi connectivity index (χ0n) is 14.4. The average molecular weight is 404 g/mol. The van der Waals surface area contributed by atoms with Crippen LogP contribution in [0.5, 0.6) is 11.5 Å². The van der Waals surface area contributed by atoms with Gasteiger partial charge in [-0.05, 0) is 42.8 Å². The largest absolute Gasteiger partial charge is 0.489 e. The van der Waals surface area contributed by atoms with Gasteiger partial charge in [0, 0.05) is 11.4 Å². The Bertz CT molecular complexity index is 1130. The quantitative estimate of drug-likeness (QED) is 0.605. The standard InChI is InChI=1S/C19H15Cl2N3O3/c1-11-23-16-9-13(20)3-4-14(16)19(25)24(11)22-10-12-7-15(21)18-17(8-12)26-5-2-6-27-18/h3-4,7-10H,2,5-6H2,1H3/b22-10-. The van der Waals surface area contributed by atoms with Crippen molar-refractivity contribution in [2.45, 2.75) is 13.3 Å². The van der Waals surface area contributed by atoms with E-state index in [1.165, 1.54) is 10.9 Å². The molecule has 0 saturated heterocycles. The molecule has 2 aromatic carbocycles. The molecule has 4 rings (SSSR count). The van der Waals surface area contributed by atoms with E-state index in [4.69, 9.17) is 32.7 Å². The second kappa shape index (κ2) is 7.21. The number of benzene rings is 2. The molecule has 27 heavy (non-hydrogen) atoms. The summed E-state index contributed by atoms with van der Waals surface area (Å²) in [6, 6.07) is 8.45. The van der Waals surface area contributed by atoms with Crippen LogP contribution in [0.3, 0.4) is 0 Å². The maximum absolute atomic E-state index is 12.7. The van der Waals surface area contributed by atoms with Crippen molar-refractivity contribution in [2.24, 2.45) is 5.10 Å². The van der Waals surface area contributed by atoms with Gasteiger partial charge in [0.25, 0.3) is 5.56 Å². The van der Waals surface area contributed by atoms with Gasteiger partial charge in [-0.3, -0.25) is 4.79 Å². The summed E-state index contributed by atoms with van der Waals surface area (Å²) in [4.78, 5) is 17.1. The summed E-state index contributed by atoms with van der Waals surface area (Å²) in [6.07, 6.45) is 2.33. The smallest absolute Gasteiger partial charge is 0.282 e. The Kier molecular flexibility index (Phi) is 4.76. The van der Waals surface area contributed by atoms with Crippen LogP contribution < -0.4 is 15.0 Å². The lowest BCUT2D eigenvalue weighted by Gasteiger charge is -2.10. The van der Waals surface area contributed by atoms with Crippen LogP contribution >= 0.6 is 23.2 Å². The summed E-state index contributed by atoms with van der Waals surface area (Å²) in [6.45, 7) is 2.82. The highest BCUT2D eigenvalue weighted by molar-refractivity contribution is 6.32. The lowest BCUT2D eigenvalue weighted by atomic mass is 10.2. The number of halogens is 2. The van der Waals surface area contributed by atoms with Gasteiger partial charge in [-0.2, -0.15) is 9.78 Å². The van der Waals surface area contributed by atoms with Crippen molar-refractivity contribution in [2.75, 3.05) is 13.2 Å². The number of nitrogens with zero attached hydrogens (tertiary/aromatic N) is 3. The van der Waals surface area contributed by atoms with Crippen molar-refractivity contribution in [3.05, 3.63) is 62.1 Å². The van der Waals surface area contributed by atoms with Gasteiger partial charge in [-0.25, -0.2) is 4.98 Å². The molecule has 0 aliphatic carbocycles. The van der Waals surface area contributed by atoms with Crippen molar-refractivity contribution < 1.29 is 9.47 Å². The first-order chi connectivity index (χ1) is 13.0. The fourth-order valence-electron chi connectivity index (χ4n) is 2.85. The summed E-state index contributed by atoms with van der Waals surface area (Å²) in [5, 5.41) is 5.69. The van der Waals surface area contributed by atoms with E-state index in [0.717, 1.165) is 6.42 Å². The molecule has 0 spiro atoms. The number of aryl methyl sites for hydroxylation is 1. The zero-order chi connectivity index (χ0) is 19.0. The normalized spacial score (nSPS) is 13.9. The van der Waals surface area contributed by atoms with Gasteiger partial charge in [-0.15, -0.1) is 0 Å². The molecule has 6 nitrogen and oxygen atoms in total. The van der Waals surface area contributed by atoms with Gasteiger partial charge in [-0.1, -0.05) is 23.2 Å². The fraction of sp³-hybridized carbons (Fsp3) is 0.211. The number of aromatic nitrogens is 2. The molecule has 0 amide bonds. The third-order valence-corrected chi connectivity index (χ3v) is 4.63. The lowest BCUT2D eigenvalue weighted by molar-refractivity contribution is 0.297. The Hall–Kier alpha value is -2.57. The summed E-state index contributed by atoms with van der Waals surface area (Å²) < 4.78 is 12.5. The summed E-state index contributed by atoms with van der Waals surface area (Å²) >= 11 is 12.3. The Morgan fingerprint density at radius 2 is 2.00 bits per heavy atom. The van der Waals surface area contributed by atoms with E-state index in [9.17, 15) is 4.79 Å². The van der Waals surface area contributed by atoms with Crippen LogP contribution in [0.25, 0.3) is 10.9 Å². The minimum absolute atomic E-state index is 0.272. The Labute approximate surface area is 164 Å². The maximum Gasteiger partial charge on any atom is 0.282 e. The number of fused-ring (bicyclic) bond motifs is 2. The van der Waals surface area contributed by atoms with Crippen molar-refractivity contribution in [3.63, 3.8) is 0 Å². The van der Waals surface area contributed by atoms with Crippen molar-refractivity contribution in [1.29, 1.82) is 0 Å². The van der Waals surface area contributed by atoms with E-state index in [-0.39, 0.29) is 5.56 Å². The topological polar surface area (TPSA) is 65.7 Å². The summed E-state index contributed by atoms with van der Waals surface area (Å²) in [5.74, 6) is 1.55. The molecule has 3 aromatic rings. The molecule has 2 heterocycles. The number of ether oxygens (including phenoxy) is 2. The van der Waals surface area contributed by atoms with Crippen LogP contribution in [0.4, 0.5) is 0 Å². The number of hydrogen-bond acceptors (Lipinski definition) is 5. The Morgan fingerprint density at radius 3 is 2.85 bits per heavy atom. The minimum Gasteiger partial charge on any atom is -0.489 e. The minimum atomic E-state index is -0.272. The van der Waals surface area contributed by atoms with E-state index in [2.05, 4.69) is 10.1 Å². The predicted octanol–water partition coefficient (Wildman–Crippen LogP) is 4.06. The Morgan fingerprint density at radius 1 is 1.19 bits per heavy atom. The highest BCUT2D eigenvalue weighted by Crippen LogP contribution is 2.37. The zero-order valence-corrected chi connectivity index (χ0v) is 15.9. The molecule has 0 unspecified atom stereocenters. The van der Waals surface area contributed by atoms with Crippen LogP contribution in [-0.4, -0.2) is 29.1 Å². The van der Waals surface area contributed by atoms with Crippen molar-refractivity contribution >= 4 is 40.3 Å². The van der Waals surface area contributed by atoms with E-state index in [1.54, 1.807) is 37.3 Å². The molecule has 1 aliphatic heterocycles. The first kappa shape index (κ1) is 17.8. The summed E-state index contributed by atoms with van der Waals surface area (Å²) in [7, 11) is 0. The summed E-state index contributed by atoms with van der Waals surface area (Å²) in [5.41, 5.74) is 0.952. The van der Waals surface area contributed by atoms with Gasteiger partial charge in [0.15, 0.2) is 11.5 Å². The molecule has 0 fully saturated rings. The lowest BCUT2D eigenvalue weighted by Crippen LogP contribution is -2.20. The fourth-order valence-corrected chi connectivity index (χ4v) is 3.29. The molecular weight excluding hydrogens is 389 g/mol. The first-order valence-corrected chi connectivity index (χ1v) is 9.11. The Balaban J connectivity index is 1.75. The highest BCUT2D eigenvalue weighted by Gasteiger charge is 2.15. The molecule has 0 atom stereocenters. The van der Waals surface area contributed by atoms with Crippen molar-refractivity contribution in [1.82, 2.24) is 9.66 Å². The maximum atomic E-state index is 12.7. The van der Waals surface area contributed by atoms with Gasteiger partial charge in [0.1, 0.15) is 5.82 Å². The van der Waals surface area contributed by atoms with Crippen LogP contribution in [0.2, 0.25) is 10.0 Å². The second-order valence-electron chi connectivity index (χ2n) is 6.06. The monoisotopic (exact) mass is 403 g/mol. The SMILES string of the molecule is Cc1nc2cc(Cl)ccc2c(=O)n1/N=C\c1cc(Cl)c2c(c1)OCCCO2. The van der Waals surface area contributed by atoms with Gasteiger partial charge in [0.2, 0.25) is 0 Å². The van der Waals surface area contributed by atoms with Crippen LogP contribution in [-0.2, 0) is 0 Å². The van der Waals surface area contributed by atoms with E-state index >= 15 is 0 Å². The predicted molar refractivity (Wildman–Crippen MR) is 106 cm³/mol. The van der Waals surface area contributed by atoms with Gasteiger partial charge in [0.05, 0.1) is 35.4 Å². The van der Waals surface area contributed by atoms with E-state index in [0.29, 0.717) is 57.0 Å². The van der Waals surface area contributed by atoms with E-state index < -0.39 is 0 Å². The molecule has 1 aromatic heterocycles. The van der Waals surface area contributed by atoms with Crippen LogP contribution in [0.1, 0.15) is 17.8 Å². The van der Waals surface area contributed by atoms with Gasteiger partial charge < -0.3 is 9.47 Å². The van der Waals surface area contributed by atoms with Crippen LogP contribution in [0.15, 0.2) is 40.2 Å². The molecule has 0 saturated carbocycles. The van der Waals surface area contributed by atoms with Crippen molar-refractivity contribution in [3.8, 4) is 11.5 Å². The molecule has 0 radical (unpaired) electrons. The molecular formula is C19H15Cl2N3O3. The van der Waals surface area contributed by atoms with Gasteiger partial charge >= 0.3 is 0 Å². The third-order valence-electron chi connectivity index (χ3n) is 4.12. The molecule has 138 valence electrons. The number of rotatable bonds is 2.